The summed E-state index contributed by atoms with van der Waals surface area (Å²) in [6.07, 6.45) is 1.55. The second kappa shape index (κ2) is 10.8. The lowest BCUT2D eigenvalue weighted by molar-refractivity contribution is 0.112. The molecule has 0 aliphatic heterocycles. The van der Waals surface area contributed by atoms with Gasteiger partial charge in [0, 0.05) is 34.8 Å². The maximum atomic E-state index is 11.5. The van der Waals surface area contributed by atoms with E-state index in [1.165, 1.54) is 0 Å². The minimum Gasteiger partial charge on any atom is -0.332 e. The Morgan fingerprint density at radius 1 is 0.875 bits per heavy atom. The molecule has 0 aliphatic carbocycles. The summed E-state index contributed by atoms with van der Waals surface area (Å²) in [5.41, 5.74) is 7.01. The van der Waals surface area contributed by atoms with Gasteiger partial charge in [0.25, 0.3) is 0 Å². The Kier molecular flexibility index (Phi) is 6.86. The summed E-state index contributed by atoms with van der Waals surface area (Å²) in [6.45, 7) is 2.55. The van der Waals surface area contributed by atoms with Crippen LogP contribution in [0.25, 0.3) is 10.9 Å². The summed E-state index contributed by atoms with van der Waals surface area (Å²) in [4.78, 5) is 16.7. The summed E-state index contributed by atoms with van der Waals surface area (Å²) < 4.78 is 2.04. The van der Waals surface area contributed by atoms with Crippen LogP contribution in [0.5, 0.6) is 0 Å². The summed E-state index contributed by atoms with van der Waals surface area (Å²) in [6, 6.07) is 39.7. The summed E-state index contributed by atoms with van der Waals surface area (Å²) in [5, 5.41) is 14.0. The van der Waals surface area contributed by atoms with E-state index in [1.54, 1.807) is 11.3 Å². The average Bonchev–Trinajstić information content (AvgIpc) is 3.63. The van der Waals surface area contributed by atoms with E-state index in [1.807, 2.05) is 47.9 Å². The van der Waals surface area contributed by atoms with E-state index in [4.69, 9.17) is 4.98 Å². The predicted molar refractivity (Wildman–Crippen MR) is 161 cm³/mol. The van der Waals surface area contributed by atoms with Crippen LogP contribution in [0.15, 0.2) is 115 Å². The highest BCUT2D eigenvalue weighted by Crippen LogP contribution is 2.46. The van der Waals surface area contributed by atoms with E-state index in [9.17, 15) is 10.1 Å². The molecule has 0 aliphatic rings. The Labute approximate surface area is 237 Å². The van der Waals surface area contributed by atoms with Gasteiger partial charge in [-0.3, -0.25) is 4.79 Å². The molecule has 194 valence electrons. The first-order valence-electron chi connectivity index (χ1n) is 13.3. The van der Waals surface area contributed by atoms with Gasteiger partial charge < -0.3 is 4.57 Å². The van der Waals surface area contributed by atoms with Crippen molar-refractivity contribution in [1.29, 1.82) is 5.26 Å². The number of hydrogen-bond donors (Lipinski definition) is 0. The standard InChI is InChI=1S/C35H27N3OS/c1-25-26(23-39)17-18-33-32(25)21-31(22-36)38(33)20-19-30-24-40-34(37-30)35(27-11-5-2-6-12-27,28-13-7-3-8-14-28)29-15-9-4-10-16-29/h2-18,21,23-24H,19-20H2,1H3. The van der Waals surface area contributed by atoms with Gasteiger partial charge in [0.1, 0.15) is 23.1 Å². The van der Waals surface area contributed by atoms with Gasteiger partial charge in [-0.05, 0) is 47.4 Å². The van der Waals surface area contributed by atoms with Gasteiger partial charge in [-0.15, -0.1) is 11.3 Å². The zero-order valence-electron chi connectivity index (χ0n) is 22.1. The summed E-state index contributed by atoms with van der Waals surface area (Å²) >= 11 is 1.67. The normalized spacial score (nSPS) is 11.4. The van der Waals surface area contributed by atoms with E-state index >= 15 is 0 Å². The number of aldehydes is 1. The minimum atomic E-state index is -0.562. The zero-order chi connectivity index (χ0) is 27.5. The van der Waals surface area contributed by atoms with Crippen LogP contribution in [-0.2, 0) is 18.4 Å². The number of nitriles is 1. The van der Waals surface area contributed by atoms with Gasteiger partial charge in [-0.1, -0.05) is 91.0 Å². The number of benzene rings is 4. The van der Waals surface area contributed by atoms with Crippen LogP contribution in [0.1, 0.15) is 49.0 Å². The van der Waals surface area contributed by atoms with Crippen molar-refractivity contribution in [1.82, 2.24) is 9.55 Å². The van der Waals surface area contributed by atoms with Crippen molar-refractivity contribution in [3.05, 3.63) is 159 Å². The lowest BCUT2D eigenvalue weighted by Gasteiger charge is -2.34. The molecule has 0 N–H and O–H groups in total. The molecule has 2 heterocycles. The van der Waals surface area contributed by atoms with E-state index in [0.717, 1.165) is 50.1 Å². The second-order valence-electron chi connectivity index (χ2n) is 9.87. The maximum Gasteiger partial charge on any atom is 0.150 e. The molecule has 0 saturated carbocycles. The van der Waals surface area contributed by atoms with Crippen molar-refractivity contribution in [3.63, 3.8) is 0 Å². The molecule has 0 radical (unpaired) electrons. The molecule has 6 aromatic rings. The van der Waals surface area contributed by atoms with Crippen molar-refractivity contribution in [3.8, 4) is 6.07 Å². The van der Waals surface area contributed by atoms with Crippen molar-refractivity contribution in [2.24, 2.45) is 0 Å². The molecular weight excluding hydrogens is 510 g/mol. The molecule has 0 unspecified atom stereocenters. The summed E-state index contributed by atoms with van der Waals surface area (Å²) in [5.74, 6) is 0. The van der Waals surface area contributed by atoms with Gasteiger partial charge in [0.05, 0.1) is 11.1 Å². The number of fused-ring (bicyclic) bond motifs is 1. The number of thiazole rings is 1. The first-order valence-corrected chi connectivity index (χ1v) is 14.1. The Hall–Kier alpha value is -4.79. The fourth-order valence-electron chi connectivity index (χ4n) is 5.71. The fourth-order valence-corrected chi connectivity index (χ4v) is 6.83. The molecule has 0 fully saturated rings. The smallest absolute Gasteiger partial charge is 0.150 e. The molecule has 0 atom stereocenters. The molecule has 6 rings (SSSR count). The van der Waals surface area contributed by atoms with Crippen LogP contribution in [0, 0.1) is 18.3 Å². The van der Waals surface area contributed by atoms with E-state index in [-0.39, 0.29) is 0 Å². The molecular formula is C35H27N3OS. The quantitative estimate of drug-likeness (QED) is 0.148. The number of nitrogens with zero attached hydrogens (tertiary/aromatic N) is 3. The topological polar surface area (TPSA) is 58.7 Å². The fraction of sp³-hybridized carbons (Fsp3) is 0.114. The van der Waals surface area contributed by atoms with E-state index in [0.29, 0.717) is 24.2 Å². The Morgan fingerprint density at radius 3 is 1.98 bits per heavy atom. The van der Waals surface area contributed by atoms with Crippen LogP contribution in [0.3, 0.4) is 0 Å². The summed E-state index contributed by atoms with van der Waals surface area (Å²) in [7, 11) is 0. The minimum absolute atomic E-state index is 0.562. The number of aromatic nitrogens is 2. The first-order chi connectivity index (χ1) is 19.7. The Balaban J connectivity index is 1.44. The zero-order valence-corrected chi connectivity index (χ0v) is 22.9. The molecule has 4 nitrogen and oxygen atoms in total. The van der Waals surface area contributed by atoms with Crippen molar-refractivity contribution < 1.29 is 4.79 Å². The molecule has 40 heavy (non-hydrogen) atoms. The van der Waals surface area contributed by atoms with Gasteiger partial charge in [0.15, 0.2) is 0 Å². The van der Waals surface area contributed by atoms with Gasteiger partial charge in [-0.25, -0.2) is 4.98 Å². The molecule has 2 aromatic heterocycles. The van der Waals surface area contributed by atoms with Gasteiger partial charge in [0.2, 0.25) is 0 Å². The molecule has 4 aromatic carbocycles. The van der Waals surface area contributed by atoms with Gasteiger partial charge in [-0.2, -0.15) is 5.26 Å². The van der Waals surface area contributed by atoms with Crippen LogP contribution < -0.4 is 0 Å². The highest BCUT2D eigenvalue weighted by Gasteiger charge is 2.40. The third kappa shape index (κ3) is 4.23. The monoisotopic (exact) mass is 537 g/mol. The molecule has 0 amide bonds. The lowest BCUT2D eigenvalue weighted by atomic mass is 9.70. The van der Waals surface area contributed by atoms with Crippen molar-refractivity contribution in [2.45, 2.75) is 25.3 Å². The SMILES string of the molecule is Cc1c(C=O)ccc2c1cc(C#N)n2CCc1csc(C(c2ccccc2)(c2ccccc2)c2ccccc2)n1. The number of carbonyl (C=O) groups excluding carboxylic acids is 1. The first kappa shape index (κ1) is 25.5. The van der Waals surface area contributed by atoms with Crippen molar-refractivity contribution in [2.75, 3.05) is 0 Å². The van der Waals surface area contributed by atoms with Gasteiger partial charge >= 0.3 is 0 Å². The highest BCUT2D eigenvalue weighted by atomic mass is 32.1. The van der Waals surface area contributed by atoms with Crippen LogP contribution in [-0.4, -0.2) is 15.8 Å². The Morgan fingerprint density at radius 2 is 1.45 bits per heavy atom. The lowest BCUT2D eigenvalue weighted by Crippen LogP contribution is -2.31. The van der Waals surface area contributed by atoms with Crippen LogP contribution >= 0.6 is 11.3 Å². The highest BCUT2D eigenvalue weighted by molar-refractivity contribution is 7.10. The number of aryl methyl sites for hydroxylation is 3. The Bertz CT molecular complexity index is 1730. The predicted octanol–water partition coefficient (Wildman–Crippen LogP) is 7.72. The van der Waals surface area contributed by atoms with Crippen LogP contribution in [0.2, 0.25) is 0 Å². The third-order valence-electron chi connectivity index (χ3n) is 7.72. The number of rotatable bonds is 8. The molecule has 0 spiro atoms. The molecule has 5 heteroatoms. The third-order valence-corrected chi connectivity index (χ3v) is 8.73. The van der Waals surface area contributed by atoms with Crippen LogP contribution in [0.4, 0.5) is 0 Å². The largest absolute Gasteiger partial charge is 0.332 e. The number of carbonyl (C=O) groups is 1. The number of hydrogen-bond acceptors (Lipinski definition) is 4. The second-order valence-corrected chi connectivity index (χ2v) is 10.7. The molecule has 0 saturated heterocycles. The van der Waals surface area contributed by atoms with Crippen molar-refractivity contribution >= 4 is 28.5 Å². The average molecular weight is 538 g/mol. The van der Waals surface area contributed by atoms with E-state index < -0.39 is 5.41 Å². The molecule has 0 bridgehead atoms. The van der Waals surface area contributed by atoms with E-state index in [2.05, 4.69) is 84.2 Å². The maximum absolute atomic E-state index is 11.5.